The van der Waals surface area contributed by atoms with E-state index < -0.39 is 0 Å². The summed E-state index contributed by atoms with van der Waals surface area (Å²) >= 11 is 18.0. The van der Waals surface area contributed by atoms with Gasteiger partial charge < -0.3 is 10.1 Å². The number of rotatable bonds is 5. The molecule has 138 valence electrons. The smallest absolute Gasteiger partial charge is 0.225 e. The van der Waals surface area contributed by atoms with E-state index in [1.807, 2.05) is 24.3 Å². The molecule has 0 saturated carbocycles. The number of hydrogen-bond acceptors (Lipinski definition) is 3. The highest BCUT2D eigenvalue weighted by atomic mass is 35.5. The van der Waals surface area contributed by atoms with E-state index in [0.717, 1.165) is 18.7 Å². The summed E-state index contributed by atoms with van der Waals surface area (Å²) in [5.41, 5.74) is 1.62. The van der Waals surface area contributed by atoms with Gasteiger partial charge in [0.15, 0.2) is 0 Å². The third kappa shape index (κ3) is 5.35. The molecular formula is C19H19Cl3N2O2. The number of carbonyl (C=O) groups is 1. The summed E-state index contributed by atoms with van der Waals surface area (Å²) in [5.74, 6) is -0.0938. The minimum atomic E-state index is -0.0938. The molecule has 0 aliphatic carbocycles. The van der Waals surface area contributed by atoms with Crippen molar-refractivity contribution in [3.63, 3.8) is 0 Å². The van der Waals surface area contributed by atoms with Crippen molar-refractivity contribution in [3.05, 3.63) is 63.1 Å². The molecule has 7 heteroatoms. The summed E-state index contributed by atoms with van der Waals surface area (Å²) in [6.45, 7) is 2.83. The number of carbonyl (C=O) groups excluding carboxylic acids is 1. The number of nitrogens with one attached hydrogen (secondary N) is 1. The van der Waals surface area contributed by atoms with Crippen LogP contribution in [0.15, 0.2) is 42.5 Å². The fourth-order valence-electron chi connectivity index (χ4n) is 2.85. The fraction of sp³-hybridized carbons (Fsp3) is 0.316. The van der Waals surface area contributed by atoms with Crippen LogP contribution in [-0.2, 0) is 9.53 Å². The van der Waals surface area contributed by atoms with E-state index in [1.54, 1.807) is 18.2 Å². The Morgan fingerprint density at radius 3 is 2.62 bits per heavy atom. The number of anilines is 1. The highest BCUT2D eigenvalue weighted by Crippen LogP contribution is 2.26. The highest BCUT2D eigenvalue weighted by molar-refractivity contribution is 6.35. The van der Waals surface area contributed by atoms with Gasteiger partial charge in [0.2, 0.25) is 5.91 Å². The van der Waals surface area contributed by atoms with Crippen LogP contribution in [0, 0.1) is 0 Å². The van der Waals surface area contributed by atoms with Crippen molar-refractivity contribution in [1.82, 2.24) is 4.90 Å². The second kappa shape index (κ2) is 9.07. The molecule has 0 spiro atoms. The van der Waals surface area contributed by atoms with Crippen LogP contribution in [0.5, 0.6) is 0 Å². The minimum Gasteiger partial charge on any atom is -0.371 e. The molecule has 0 aromatic heterocycles. The molecule has 1 saturated heterocycles. The van der Waals surface area contributed by atoms with E-state index in [1.165, 1.54) is 0 Å². The molecule has 1 N–H and O–H groups in total. The van der Waals surface area contributed by atoms with Crippen molar-refractivity contribution in [2.75, 3.05) is 31.6 Å². The zero-order valence-corrected chi connectivity index (χ0v) is 16.3. The lowest BCUT2D eigenvalue weighted by atomic mass is 10.1. The van der Waals surface area contributed by atoms with Crippen molar-refractivity contribution in [2.45, 2.75) is 12.5 Å². The Bertz CT molecular complexity index is 768. The van der Waals surface area contributed by atoms with Gasteiger partial charge in [0, 0.05) is 36.1 Å². The predicted octanol–water partition coefficient (Wildman–Crippen LogP) is 5.05. The molecule has 3 rings (SSSR count). The molecule has 2 aromatic carbocycles. The Morgan fingerprint density at radius 2 is 1.85 bits per heavy atom. The molecule has 1 heterocycles. The maximum absolute atomic E-state index is 12.2. The van der Waals surface area contributed by atoms with E-state index in [0.29, 0.717) is 40.3 Å². The maximum atomic E-state index is 12.2. The molecule has 1 amide bonds. The first-order valence-electron chi connectivity index (χ1n) is 8.35. The van der Waals surface area contributed by atoms with Crippen LogP contribution in [0.2, 0.25) is 15.1 Å². The number of halogens is 3. The van der Waals surface area contributed by atoms with E-state index in [4.69, 9.17) is 39.5 Å². The van der Waals surface area contributed by atoms with Gasteiger partial charge in [-0.15, -0.1) is 0 Å². The van der Waals surface area contributed by atoms with Gasteiger partial charge in [-0.3, -0.25) is 9.69 Å². The van der Waals surface area contributed by atoms with Crippen molar-refractivity contribution in [1.29, 1.82) is 0 Å². The number of hydrogen-bond donors (Lipinski definition) is 1. The normalized spacial score (nSPS) is 17.9. The van der Waals surface area contributed by atoms with E-state index >= 15 is 0 Å². The topological polar surface area (TPSA) is 41.6 Å². The van der Waals surface area contributed by atoms with E-state index in [9.17, 15) is 4.79 Å². The van der Waals surface area contributed by atoms with Crippen LogP contribution in [0.3, 0.4) is 0 Å². The molecule has 1 aliphatic rings. The molecule has 2 aromatic rings. The molecule has 1 unspecified atom stereocenters. The lowest BCUT2D eigenvalue weighted by Gasteiger charge is -2.33. The van der Waals surface area contributed by atoms with Crippen molar-refractivity contribution < 1.29 is 9.53 Å². The summed E-state index contributed by atoms with van der Waals surface area (Å²) in [7, 11) is 0. The highest BCUT2D eigenvalue weighted by Gasteiger charge is 2.22. The number of nitrogens with zero attached hydrogens (tertiary/aromatic N) is 1. The monoisotopic (exact) mass is 412 g/mol. The summed E-state index contributed by atoms with van der Waals surface area (Å²) in [6, 6.07) is 12.7. The zero-order chi connectivity index (χ0) is 18.5. The van der Waals surface area contributed by atoms with Crippen molar-refractivity contribution >= 4 is 46.4 Å². The standard InChI is InChI=1S/C19H19Cl3N2O2/c20-14-3-1-13(2-4-14)18-12-24(9-10-26-18)8-7-19(25)23-17-11-15(21)5-6-16(17)22/h1-6,11,18H,7-10,12H2,(H,23,25). The van der Waals surface area contributed by atoms with Crippen LogP contribution in [0.4, 0.5) is 5.69 Å². The van der Waals surface area contributed by atoms with Crippen molar-refractivity contribution in [2.24, 2.45) is 0 Å². The molecule has 4 nitrogen and oxygen atoms in total. The van der Waals surface area contributed by atoms with Crippen LogP contribution in [-0.4, -0.2) is 37.0 Å². The Morgan fingerprint density at radius 1 is 1.12 bits per heavy atom. The second-order valence-electron chi connectivity index (χ2n) is 6.13. The minimum absolute atomic E-state index is 0.00791. The molecule has 0 bridgehead atoms. The van der Waals surface area contributed by atoms with Gasteiger partial charge in [0.25, 0.3) is 0 Å². The SMILES string of the molecule is O=C(CCN1CCOC(c2ccc(Cl)cc2)C1)Nc1cc(Cl)ccc1Cl. The Hall–Kier alpha value is -1.30. The fourth-order valence-corrected chi connectivity index (χ4v) is 3.31. The third-order valence-corrected chi connectivity index (χ3v) is 5.07. The van der Waals surface area contributed by atoms with Crippen LogP contribution in [0.25, 0.3) is 0 Å². The van der Waals surface area contributed by atoms with Gasteiger partial charge in [-0.25, -0.2) is 0 Å². The van der Waals surface area contributed by atoms with E-state index in [-0.39, 0.29) is 12.0 Å². The summed E-state index contributed by atoms with van der Waals surface area (Å²) < 4.78 is 5.85. The maximum Gasteiger partial charge on any atom is 0.225 e. The van der Waals surface area contributed by atoms with Crippen LogP contribution >= 0.6 is 34.8 Å². The largest absolute Gasteiger partial charge is 0.371 e. The van der Waals surface area contributed by atoms with Crippen molar-refractivity contribution in [3.8, 4) is 0 Å². The number of amides is 1. The second-order valence-corrected chi connectivity index (χ2v) is 7.41. The molecule has 26 heavy (non-hydrogen) atoms. The lowest BCUT2D eigenvalue weighted by molar-refractivity contribution is -0.117. The van der Waals surface area contributed by atoms with E-state index in [2.05, 4.69) is 10.2 Å². The Kier molecular flexibility index (Phi) is 6.79. The zero-order valence-electron chi connectivity index (χ0n) is 14.1. The Labute approximate surface area is 168 Å². The summed E-state index contributed by atoms with van der Waals surface area (Å²) in [5, 5.41) is 4.52. The molecule has 1 fully saturated rings. The van der Waals surface area contributed by atoms with Gasteiger partial charge in [0.1, 0.15) is 0 Å². The van der Waals surface area contributed by atoms with Gasteiger partial charge in [0.05, 0.1) is 23.4 Å². The summed E-state index contributed by atoms with van der Waals surface area (Å²) in [6.07, 6.45) is 0.363. The first-order chi connectivity index (χ1) is 12.5. The molecule has 0 radical (unpaired) electrons. The average Bonchev–Trinajstić information content (AvgIpc) is 2.64. The van der Waals surface area contributed by atoms with Gasteiger partial charge in [-0.1, -0.05) is 46.9 Å². The number of ether oxygens (including phenoxy) is 1. The number of benzene rings is 2. The quantitative estimate of drug-likeness (QED) is 0.746. The average molecular weight is 414 g/mol. The number of morpholine rings is 1. The Balaban J connectivity index is 1.51. The van der Waals surface area contributed by atoms with Crippen LogP contribution < -0.4 is 5.32 Å². The summed E-state index contributed by atoms with van der Waals surface area (Å²) in [4.78, 5) is 14.4. The lowest BCUT2D eigenvalue weighted by Crippen LogP contribution is -2.39. The predicted molar refractivity (Wildman–Crippen MR) is 106 cm³/mol. The molecular weight excluding hydrogens is 395 g/mol. The van der Waals surface area contributed by atoms with Crippen LogP contribution in [0.1, 0.15) is 18.1 Å². The van der Waals surface area contributed by atoms with Gasteiger partial charge >= 0.3 is 0 Å². The van der Waals surface area contributed by atoms with Gasteiger partial charge in [-0.2, -0.15) is 0 Å². The molecule has 1 aliphatic heterocycles. The first kappa shape index (κ1) is 19.5. The van der Waals surface area contributed by atoms with Gasteiger partial charge in [-0.05, 0) is 35.9 Å². The first-order valence-corrected chi connectivity index (χ1v) is 9.49. The third-order valence-electron chi connectivity index (χ3n) is 4.25. The molecule has 1 atom stereocenters.